The number of nitrogens with zero attached hydrogens (tertiary/aromatic N) is 4. The van der Waals surface area contributed by atoms with Gasteiger partial charge in [-0.05, 0) is 0 Å². The number of ether oxygens (including phenoxy) is 1. The van der Waals surface area contributed by atoms with Crippen LogP contribution in [0.5, 0.6) is 5.88 Å². The van der Waals surface area contributed by atoms with Crippen molar-refractivity contribution in [2.75, 3.05) is 7.11 Å². The molecule has 0 radical (unpaired) electrons. The first-order chi connectivity index (χ1) is 8.04. The summed E-state index contributed by atoms with van der Waals surface area (Å²) in [5.41, 5.74) is -0.0415. The van der Waals surface area contributed by atoms with E-state index in [4.69, 9.17) is 9.84 Å². The van der Waals surface area contributed by atoms with Crippen LogP contribution in [0.2, 0.25) is 0 Å². The molecule has 0 aliphatic carbocycles. The number of hydrogen-bond acceptors (Lipinski definition) is 5. The molecular weight excluding hydrogens is 224 g/mol. The molecule has 0 aromatic carbocycles. The number of aromatic carboxylic acids is 1. The van der Waals surface area contributed by atoms with Gasteiger partial charge in [0.2, 0.25) is 5.88 Å². The van der Waals surface area contributed by atoms with E-state index in [1.165, 1.54) is 17.8 Å². The van der Waals surface area contributed by atoms with Crippen molar-refractivity contribution in [2.24, 2.45) is 0 Å². The Kier molecular flexibility index (Phi) is 2.66. The summed E-state index contributed by atoms with van der Waals surface area (Å²) >= 11 is 0. The van der Waals surface area contributed by atoms with Crippen LogP contribution in [0.3, 0.4) is 0 Å². The molecule has 1 N–H and O–H groups in total. The molecule has 0 bridgehead atoms. The Bertz CT molecular complexity index is 576. The lowest BCUT2D eigenvalue weighted by Crippen LogP contribution is -2.07. The summed E-state index contributed by atoms with van der Waals surface area (Å²) in [5.74, 6) is 0.0725. The molecule has 0 fully saturated rings. The van der Waals surface area contributed by atoms with Gasteiger partial charge in [0.05, 0.1) is 13.3 Å². The van der Waals surface area contributed by atoms with Crippen LogP contribution in [0, 0.1) is 0 Å². The maximum absolute atomic E-state index is 11.0. The molecule has 0 aliphatic heterocycles. The highest BCUT2D eigenvalue weighted by molar-refractivity contribution is 5.90. The van der Waals surface area contributed by atoms with Crippen LogP contribution in [0.4, 0.5) is 0 Å². The summed E-state index contributed by atoms with van der Waals surface area (Å²) in [6, 6.07) is 0. The largest absolute Gasteiger partial charge is 0.480 e. The molecule has 0 spiro atoms. The zero-order valence-corrected chi connectivity index (χ0v) is 9.71. The molecule has 0 unspecified atom stereocenters. The lowest BCUT2D eigenvalue weighted by Gasteiger charge is -2.04. The summed E-state index contributed by atoms with van der Waals surface area (Å²) in [6.07, 6.45) is 1.22. The number of carboxylic acids is 1. The molecule has 2 heterocycles. The van der Waals surface area contributed by atoms with Gasteiger partial charge < -0.3 is 9.84 Å². The Morgan fingerprint density at radius 1 is 1.53 bits per heavy atom. The number of fused-ring (bicyclic) bond motifs is 1. The standard InChI is InChI=1S/C10H12N4O3/c1-5(2)7-12-10-11-4-6(9(15)16)8(17-3)14(10)13-7/h4-5H,1-3H3,(H,15,16). The minimum atomic E-state index is -1.11. The Hall–Kier alpha value is -2.18. The van der Waals surface area contributed by atoms with Gasteiger partial charge in [-0.25, -0.2) is 9.78 Å². The van der Waals surface area contributed by atoms with Gasteiger partial charge in [-0.1, -0.05) is 13.8 Å². The van der Waals surface area contributed by atoms with E-state index < -0.39 is 5.97 Å². The molecule has 2 aromatic heterocycles. The van der Waals surface area contributed by atoms with Crippen molar-refractivity contribution in [1.29, 1.82) is 0 Å². The number of methoxy groups -OCH3 is 1. The van der Waals surface area contributed by atoms with Crippen molar-refractivity contribution in [2.45, 2.75) is 19.8 Å². The SMILES string of the molecule is COc1c(C(=O)O)cnc2nc(C(C)C)nn12. The summed E-state index contributed by atoms with van der Waals surface area (Å²) in [4.78, 5) is 19.1. The number of hydrogen-bond donors (Lipinski definition) is 1. The molecule has 2 rings (SSSR count). The van der Waals surface area contributed by atoms with E-state index in [0.29, 0.717) is 11.6 Å². The van der Waals surface area contributed by atoms with Gasteiger partial charge >= 0.3 is 5.97 Å². The zero-order chi connectivity index (χ0) is 12.6. The first kappa shape index (κ1) is 11.3. The predicted octanol–water partition coefficient (Wildman–Crippen LogP) is 0.954. The van der Waals surface area contributed by atoms with E-state index in [0.717, 1.165) is 0 Å². The third-order valence-corrected chi connectivity index (χ3v) is 2.28. The van der Waals surface area contributed by atoms with Gasteiger partial charge in [-0.3, -0.25) is 0 Å². The van der Waals surface area contributed by atoms with Crippen LogP contribution >= 0.6 is 0 Å². The average Bonchev–Trinajstić information content (AvgIpc) is 2.70. The topological polar surface area (TPSA) is 89.6 Å². The summed E-state index contributed by atoms with van der Waals surface area (Å²) in [7, 11) is 1.39. The van der Waals surface area contributed by atoms with Gasteiger partial charge in [0.15, 0.2) is 5.82 Å². The highest BCUT2D eigenvalue weighted by atomic mass is 16.5. The van der Waals surface area contributed by atoms with Crippen LogP contribution in [0.25, 0.3) is 5.78 Å². The van der Waals surface area contributed by atoms with Gasteiger partial charge in [0.1, 0.15) is 5.56 Å². The molecule has 2 aromatic rings. The Morgan fingerprint density at radius 2 is 2.24 bits per heavy atom. The molecule has 0 saturated carbocycles. The fourth-order valence-electron chi connectivity index (χ4n) is 1.42. The van der Waals surface area contributed by atoms with Crippen molar-refractivity contribution in [1.82, 2.24) is 19.6 Å². The maximum atomic E-state index is 11.0. The Balaban J connectivity index is 2.72. The van der Waals surface area contributed by atoms with Crippen molar-refractivity contribution in [3.8, 4) is 5.88 Å². The second-order valence-corrected chi connectivity index (χ2v) is 3.82. The highest BCUT2D eigenvalue weighted by Crippen LogP contribution is 2.19. The molecule has 7 heteroatoms. The van der Waals surface area contributed by atoms with Crippen LogP contribution in [0.15, 0.2) is 6.20 Å². The third-order valence-electron chi connectivity index (χ3n) is 2.28. The fraction of sp³-hybridized carbons (Fsp3) is 0.400. The van der Waals surface area contributed by atoms with Crippen molar-refractivity contribution >= 4 is 11.7 Å². The normalized spacial score (nSPS) is 11.1. The van der Waals surface area contributed by atoms with Crippen LogP contribution < -0.4 is 4.74 Å². The first-order valence-electron chi connectivity index (χ1n) is 5.07. The van der Waals surface area contributed by atoms with Crippen molar-refractivity contribution < 1.29 is 14.6 Å². The predicted molar refractivity (Wildman–Crippen MR) is 58.4 cm³/mol. The number of aromatic nitrogens is 4. The lowest BCUT2D eigenvalue weighted by atomic mass is 10.2. The Morgan fingerprint density at radius 3 is 2.76 bits per heavy atom. The van der Waals surface area contributed by atoms with Gasteiger partial charge in [0, 0.05) is 5.92 Å². The smallest absolute Gasteiger partial charge is 0.342 e. The molecule has 17 heavy (non-hydrogen) atoms. The average molecular weight is 236 g/mol. The van der Waals surface area contributed by atoms with E-state index in [9.17, 15) is 4.79 Å². The second kappa shape index (κ2) is 4.00. The van der Waals surface area contributed by atoms with Crippen LogP contribution in [0.1, 0.15) is 35.9 Å². The van der Waals surface area contributed by atoms with Gasteiger partial charge in [-0.2, -0.15) is 9.50 Å². The number of carbonyl (C=O) groups is 1. The molecular formula is C10H12N4O3. The number of carboxylic acid groups (broad SMARTS) is 1. The quantitative estimate of drug-likeness (QED) is 0.853. The van der Waals surface area contributed by atoms with Crippen molar-refractivity contribution in [3.63, 3.8) is 0 Å². The van der Waals surface area contributed by atoms with E-state index in [1.54, 1.807) is 0 Å². The van der Waals surface area contributed by atoms with E-state index in [2.05, 4.69) is 15.1 Å². The molecule has 0 amide bonds. The van der Waals surface area contributed by atoms with E-state index >= 15 is 0 Å². The zero-order valence-electron chi connectivity index (χ0n) is 9.71. The molecule has 90 valence electrons. The molecule has 0 atom stereocenters. The van der Waals surface area contributed by atoms with E-state index in [1.807, 2.05) is 13.8 Å². The maximum Gasteiger partial charge on any atom is 0.342 e. The molecule has 0 aliphatic rings. The van der Waals surface area contributed by atoms with Gasteiger partial charge in [0.25, 0.3) is 5.78 Å². The summed E-state index contributed by atoms with van der Waals surface area (Å²) in [5, 5.41) is 13.2. The molecule has 0 saturated heterocycles. The lowest BCUT2D eigenvalue weighted by molar-refractivity contribution is 0.0691. The van der Waals surface area contributed by atoms with Crippen LogP contribution in [-0.4, -0.2) is 37.8 Å². The van der Waals surface area contributed by atoms with E-state index in [-0.39, 0.29) is 17.4 Å². The monoisotopic (exact) mass is 236 g/mol. The summed E-state index contributed by atoms with van der Waals surface area (Å²) in [6.45, 7) is 3.89. The minimum Gasteiger partial charge on any atom is -0.480 e. The number of rotatable bonds is 3. The summed E-state index contributed by atoms with van der Waals surface area (Å²) < 4.78 is 6.36. The fourth-order valence-corrected chi connectivity index (χ4v) is 1.42. The van der Waals surface area contributed by atoms with Crippen molar-refractivity contribution in [3.05, 3.63) is 17.6 Å². The highest BCUT2D eigenvalue weighted by Gasteiger charge is 2.18. The second-order valence-electron chi connectivity index (χ2n) is 3.82. The minimum absolute atomic E-state index is 0.0415. The van der Waals surface area contributed by atoms with Crippen LogP contribution in [-0.2, 0) is 0 Å². The third kappa shape index (κ3) is 1.79. The first-order valence-corrected chi connectivity index (χ1v) is 5.07. The molecule has 7 nitrogen and oxygen atoms in total. The Labute approximate surface area is 97.1 Å². The van der Waals surface area contributed by atoms with Gasteiger partial charge in [-0.15, -0.1) is 5.10 Å².